The van der Waals surface area contributed by atoms with Gasteiger partial charge in [0.2, 0.25) is 0 Å². The van der Waals surface area contributed by atoms with E-state index in [0.29, 0.717) is 17.1 Å². The molecule has 0 aliphatic carbocycles. The average Bonchev–Trinajstić information content (AvgIpc) is 2.42. The summed E-state index contributed by atoms with van der Waals surface area (Å²) in [6, 6.07) is 4.15. The maximum atomic E-state index is 12.9. The molecule has 5 nitrogen and oxygen atoms in total. The van der Waals surface area contributed by atoms with Gasteiger partial charge in [-0.05, 0) is 30.7 Å². The number of nitrogens with zero attached hydrogens (tertiary/aromatic N) is 2. The minimum atomic E-state index is -0.384. The van der Waals surface area contributed by atoms with Crippen LogP contribution < -0.4 is 10.6 Å². The van der Waals surface area contributed by atoms with Gasteiger partial charge in [-0.2, -0.15) is 0 Å². The predicted molar refractivity (Wildman–Crippen MR) is 70.7 cm³/mol. The van der Waals surface area contributed by atoms with Crippen LogP contribution in [0.25, 0.3) is 0 Å². The standard InChI is InChI=1S/C13H13FN4O/c1-8-5-9(14)3-4-10(8)18-13(19)11-6-17-12(15-2)7-16-11/h3-7H,1-2H3,(H,15,17)(H,18,19). The highest BCUT2D eigenvalue weighted by Crippen LogP contribution is 2.16. The zero-order chi connectivity index (χ0) is 13.8. The molecule has 0 radical (unpaired) electrons. The van der Waals surface area contributed by atoms with E-state index in [9.17, 15) is 9.18 Å². The number of hydrogen-bond donors (Lipinski definition) is 2. The van der Waals surface area contributed by atoms with Crippen LogP contribution in [-0.4, -0.2) is 22.9 Å². The molecule has 0 saturated carbocycles. The van der Waals surface area contributed by atoms with Gasteiger partial charge in [0.1, 0.15) is 17.3 Å². The van der Waals surface area contributed by atoms with Crippen LogP contribution in [0, 0.1) is 12.7 Å². The molecule has 0 spiro atoms. The molecule has 2 N–H and O–H groups in total. The lowest BCUT2D eigenvalue weighted by Crippen LogP contribution is -2.15. The van der Waals surface area contributed by atoms with E-state index in [0.717, 1.165) is 0 Å². The van der Waals surface area contributed by atoms with Gasteiger partial charge in [0.05, 0.1) is 12.4 Å². The summed E-state index contributed by atoms with van der Waals surface area (Å²) in [5.74, 6) is -0.145. The molecule has 0 aliphatic heterocycles. The van der Waals surface area contributed by atoms with Crippen molar-refractivity contribution in [3.63, 3.8) is 0 Å². The van der Waals surface area contributed by atoms with E-state index in [2.05, 4.69) is 20.6 Å². The smallest absolute Gasteiger partial charge is 0.275 e. The first-order chi connectivity index (χ1) is 9.10. The lowest BCUT2D eigenvalue weighted by atomic mass is 10.2. The Labute approximate surface area is 109 Å². The van der Waals surface area contributed by atoms with Crippen LogP contribution in [0.3, 0.4) is 0 Å². The number of hydrogen-bond acceptors (Lipinski definition) is 4. The molecule has 0 saturated heterocycles. The average molecular weight is 260 g/mol. The van der Waals surface area contributed by atoms with Crippen molar-refractivity contribution in [3.8, 4) is 0 Å². The van der Waals surface area contributed by atoms with E-state index in [-0.39, 0.29) is 17.4 Å². The van der Waals surface area contributed by atoms with Gasteiger partial charge in [0.25, 0.3) is 5.91 Å². The fraction of sp³-hybridized carbons (Fsp3) is 0.154. The van der Waals surface area contributed by atoms with Crippen LogP contribution in [-0.2, 0) is 0 Å². The molecule has 19 heavy (non-hydrogen) atoms. The third-order valence-corrected chi connectivity index (χ3v) is 2.58. The number of benzene rings is 1. The van der Waals surface area contributed by atoms with Crippen molar-refractivity contribution < 1.29 is 9.18 Å². The Bertz CT molecular complexity index is 598. The third kappa shape index (κ3) is 3.04. The number of aromatic nitrogens is 2. The molecular weight excluding hydrogens is 247 g/mol. The maximum absolute atomic E-state index is 12.9. The van der Waals surface area contributed by atoms with Crippen LogP contribution >= 0.6 is 0 Å². The van der Waals surface area contributed by atoms with Gasteiger partial charge in [-0.15, -0.1) is 0 Å². The summed E-state index contributed by atoms with van der Waals surface area (Å²) in [5.41, 5.74) is 1.39. The summed E-state index contributed by atoms with van der Waals surface area (Å²) in [5, 5.41) is 5.47. The minimum absolute atomic E-state index is 0.197. The van der Waals surface area contributed by atoms with Crippen molar-refractivity contribution >= 4 is 17.4 Å². The number of carbonyl (C=O) groups excluding carboxylic acids is 1. The molecule has 0 unspecified atom stereocenters. The van der Waals surface area contributed by atoms with E-state index in [1.807, 2.05) is 0 Å². The Morgan fingerprint density at radius 3 is 2.63 bits per heavy atom. The van der Waals surface area contributed by atoms with Crippen LogP contribution in [0.15, 0.2) is 30.6 Å². The molecule has 0 bridgehead atoms. The first-order valence-corrected chi connectivity index (χ1v) is 5.67. The Hall–Kier alpha value is -2.50. The Balaban J connectivity index is 2.15. The van der Waals surface area contributed by atoms with E-state index < -0.39 is 0 Å². The van der Waals surface area contributed by atoms with E-state index >= 15 is 0 Å². The van der Waals surface area contributed by atoms with Crippen LogP contribution in [0.2, 0.25) is 0 Å². The molecule has 6 heteroatoms. The zero-order valence-corrected chi connectivity index (χ0v) is 10.6. The normalized spacial score (nSPS) is 10.1. The number of amides is 1. The van der Waals surface area contributed by atoms with Gasteiger partial charge >= 0.3 is 0 Å². The number of anilines is 2. The molecule has 0 fully saturated rings. The SMILES string of the molecule is CNc1cnc(C(=O)Nc2ccc(F)cc2C)cn1. The highest BCUT2D eigenvalue weighted by atomic mass is 19.1. The second-order valence-electron chi connectivity index (χ2n) is 3.95. The Morgan fingerprint density at radius 1 is 1.26 bits per heavy atom. The van der Waals surface area contributed by atoms with Gasteiger partial charge in [-0.3, -0.25) is 4.79 Å². The summed E-state index contributed by atoms with van der Waals surface area (Å²) in [4.78, 5) is 19.9. The van der Waals surface area contributed by atoms with Crippen molar-refractivity contribution in [2.24, 2.45) is 0 Å². The van der Waals surface area contributed by atoms with Crippen molar-refractivity contribution in [1.82, 2.24) is 9.97 Å². The molecule has 0 atom stereocenters. The topological polar surface area (TPSA) is 66.9 Å². The highest BCUT2D eigenvalue weighted by molar-refractivity contribution is 6.03. The first-order valence-electron chi connectivity index (χ1n) is 5.67. The fourth-order valence-electron chi connectivity index (χ4n) is 1.53. The summed E-state index contributed by atoms with van der Waals surface area (Å²) in [7, 11) is 1.71. The molecular formula is C13H13FN4O. The van der Waals surface area contributed by atoms with Gasteiger partial charge in [-0.1, -0.05) is 0 Å². The monoisotopic (exact) mass is 260 g/mol. The van der Waals surface area contributed by atoms with Crippen LogP contribution in [0.5, 0.6) is 0 Å². The molecule has 0 aliphatic rings. The number of nitrogens with one attached hydrogen (secondary N) is 2. The van der Waals surface area contributed by atoms with Crippen LogP contribution in [0.4, 0.5) is 15.9 Å². The number of rotatable bonds is 3. The van der Waals surface area contributed by atoms with Gasteiger partial charge in [0, 0.05) is 12.7 Å². The van der Waals surface area contributed by atoms with Crippen LogP contribution in [0.1, 0.15) is 16.1 Å². The largest absolute Gasteiger partial charge is 0.372 e. The molecule has 1 aromatic carbocycles. The molecule has 1 heterocycles. The lowest BCUT2D eigenvalue weighted by Gasteiger charge is -2.08. The predicted octanol–water partition coefficient (Wildman–Crippen LogP) is 2.22. The fourth-order valence-corrected chi connectivity index (χ4v) is 1.53. The zero-order valence-electron chi connectivity index (χ0n) is 10.6. The Morgan fingerprint density at radius 2 is 2.05 bits per heavy atom. The Kier molecular flexibility index (Phi) is 3.70. The van der Waals surface area contributed by atoms with Gasteiger partial charge in [0.15, 0.2) is 0 Å². The van der Waals surface area contributed by atoms with E-state index in [1.165, 1.54) is 30.6 Å². The van der Waals surface area contributed by atoms with Gasteiger partial charge in [-0.25, -0.2) is 14.4 Å². The van der Waals surface area contributed by atoms with Crippen molar-refractivity contribution in [2.75, 3.05) is 17.7 Å². The molecule has 1 amide bonds. The summed E-state index contributed by atoms with van der Waals surface area (Å²) < 4.78 is 12.9. The first kappa shape index (κ1) is 12.9. The second-order valence-corrected chi connectivity index (χ2v) is 3.95. The minimum Gasteiger partial charge on any atom is -0.372 e. The maximum Gasteiger partial charge on any atom is 0.275 e. The second kappa shape index (κ2) is 5.43. The summed E-state index contributed by atoms with van der Waals surface area (Å²) in [6.45, 7) is 1.72. The van der Waals surface area contributed by atoms with Gasteiger partial charge < -0.3 is 10.6 Å². The van der Waals surface area contributed by atoms with Crippen molar-refractivity contribution in [2.45, 2.75) is 6.92 Å². The van der Waals surface area contributed by atoms with E-state index in [4.69, 9.17) is 0 Å². The number of halogens is 1. The molecule has 2 rings (SSSR count). The molecule has 98 valence electrons. The highest BCUT2D eigenvalue weighted by Gasteiger charge is 2.10. The molecule has 2 aromatic rings. The quantitative estimate of drug-likeness (QED) is 0.888. The number of carbonyl (C=O) groups is 1. The van der Waals surface area contributed by atoms with E-state index in [1.54, 1.807) is 14.0 Å². The summed E-state index contributed by atoms with van der Waals surface area (Å²) in [6.07, 6.45) is 2.84. The number of aryl methyl sites for hydroxylation is 1. The summed E-state index contributed by atoms with van der Waals surface area (Å²) >= 11 is 0. The molecule has 1 aromatic heterocycles. The van der Waals surface area contributed by atoms with Crippen molar-refractivity contribution in [3.05, 3.63) is 47.7 Å². The third-order valence-electron chi connectivity index (χ3n) is 2.58. The lowest BCUT2D eigenvalue weighted by molar-refractivity contribution is 0.102. The van der Waals surface area contributed by atoms with Crippen molar-refractivity contribution in [1.29, 1.82) is 0 Å².